The Hall–Kier alpha value is -2.37. The first-order chi connectivity index (χ1) is 10.4. The zero-order valence-corrected chi connectivity index (χ0v) is 11.3. The van der Waals surface area contributed by atoms with Gasteiger partial charge in [0.1, 0.15) is 6.67 Å². The first-order valence-electron chi connectivity index (χ1n) is 6.41. The molecule has 2 aromatic carbocycles. The van der Waals surface area contributed by atoms with Crippen LogP contribution in [-0.4, -0.2) is 24.9 Å². The summed E-state index contributed by atoms with van der Waals surface area (Å²) in [6.07, 6.45) is -7.66. The third kappa shape index (κ3) is 3.84. The van der Waals surface area contributed by atoms with Crippen LogP contribution < -0.4 is 0 Å². The maximum absolute atomic E-state index is 12.4. The van der Waals surface area contributed by atoms with Crippen LogP contribution in [0.1, 0.15) is 10.4 Å². The molecule has 0 saturated carbocycles. The average molecular weight is 312 g/mol. The monoisotopic (exact) mass is 312 g/mol. The maximum Gasteiger partial charge on any atom is 0.428 e. The van der Waals surface area contributed by atoms with Crippen LogP contribution >= 0.6 is 0 Å². The number of halogens is 4. The number of esters is 1. The molecule has 6 heteroatoms. The molecule has 0 N–H and O–H groups in total. The van der Waals surface area contributed by atoms with Gasteiger partial charge in [-0.2, -0.15) is 13.2 Å². The van der Waals surface area contributed by atoms with Crippen LogP contribution in [0.25, 0.3) is 11.1 Å². The minimum atomic E-state index is -4.92. The molecule has 0 aliphatic carbocycles. The molecule has 0 amide bonds. The number of carbonyl (C=O) groups excluding carboxylic acids is 1. The van der Waals surface area contributed by atoms with E-state index >= 15 is 0 Å². The van der Waals surface area contributed by atoms with Crippen molar-refractivity contribution in [1.29, 1.82) is 0 Å². The fraction of sp³-hybridized carbons (Fsp3) is 0.188. The minimum Gasteiger partial charge on any atom is -0.446 e. The predicted molar refractivity (Wildman–Crippen MR) is 73.1 cm³/mol. The standard InChI is InChI=1S/C16H12F4O2/c17-10-14(16(18,19)20)22-15(21)13-8-6-12(7-9-13)11-4-2-1-3-5-11/h1-9,14H,10H2. The summed E-state index contributed by atoms with van der Waals surface area (Å²) in [4.78, 5) is 11.6. The molecule has 0 spiro atoms. The highest BCUT2D eigenvalue weighted by atomic mass is 19.4. The summed E-state index contributed by atoms with van der Waals surface area (Å²) in [5, 5.41) is 0. The Balaban J connectivity index is 2.12. The van der Waals surface area contributed by atoms with Crippen LogP contribution in [0.5, 0.6) is 0 Å². The second kappa shape index (κ2) is 6.60. The molecule has 116 valence electrons. The second-order valence-electron chi connectivity index (χ2n) is 4.53. The largest absolute Gasteiger partial charge is 0.446 e. The molecule has 0 fully saturated rings. The number of carbonyl (C=O) groups is 1. The molecule has 0 heterocycles. The van der Waals surface area contributed by atoms with Gasteiger partial charge in [-0.15, -0.1) is 0 Å². The number of hydrogen-bond donors (Lipinski definition) is 0. The molecular weight excluding hydrogens is 300 g/mol. The quantitative estimate of drug-likeness (QED) is 0.617. The smallest absolute Gasteiger partial charge is 0.428 e. The third-order valence-electron chi connectivity index (χ3n) is 2.98. The highest BCUT2D eigenvalue weighted by Gasteiger charge is 2.43. The molecule has 0 bridgehead atoms. The number of alkyl halides is 4. The Labute approximate surface area is 124 Å². The Morgan fingerprint density at radius 1 is 0.955 bits per heavy atom. The van der Waals surface area contributed by atoms with Crippen molar-refractivity contribution >= 4 is 5.97 Å². The van der Waals surface area contributed by atoms with Crippen LogP contribution in [0, 0.1) is 0 Å². The van der Waals surface area contributed by atoms with Gasteiger partial charge in [-0.25, -0.2) is 9.18 Å². The predicted octanol–water partition coefficient (Wildman–Crippen LogP) is 4.41. The van der Waals surface area contributed by atoms with Crippen LogP contribution in [0.2, 0.25) is 0 Å². The van der Waals surface area contributed by atoms with Crippen LogP contribution in [0.4, 0.5) is 17.6 Å². The fourth-order valence-electron chi connectivity index (χ4n) is 1.81. The highest BCUT2D eigenvalue weighted by Crippen LogP contribution is 2.25. The lowest BCUT2D eigenvalue weighted by Gasteiger charge is -2.17. The topological polar surface area (TPSA) is 26.3 Å². The van der Waals surface area contributed by atoms with E-state index in [0.29, 0.717) is 0 Å². The first kappa shape index (κ1) is 16.0. The number of hydrogen-bond acceptors (Lipinski definition) is 2. The summed E-state index contributed by atoms with van der Waals surface area (Å²) in [6.45, 7) is -1.81. The van der Waals surface area contributed by atoms with Crippen molar-refractivity contribution in [1.82, 2.24) is 0 Å². The maximum atomic E-state index is 12.4. The fourth-order valence-corrected chi connectivity index (χ4v) is 1.81. The van der Waals surface area contributed by atoms with Gasteiger partial charge in [0.15, 0.2) is 0 Å². The number of benzene rings is 2. The van der Waals surface area contributed by atoms with Gasteiger partial charge in [-0.05, 0) is 23.3 Å². The molecule has 2 aromatic rings. The molecule has 0 radical (unpaired) electrons. The lowest BCUT2D eigenvalue weighted by Crippen LogP contribution is -2.35. The normalized spacial score (nSPS) is 12.7. The summed E-state index contributed by atoms with van der Waals surface area (Å²) in [5.41, 5.74) is 1.64. The lowest BCUT2D eigenvalue weighted by molar-refractivity contribution is -0.207. The molecule has 2 nitrogen and oxygen atoms in total. The molecule has 1 unspecified atom stereocenters. The van der Waals surface area contributed by atoms with Gasteiger partial charge >= 0.3 is 12.1 Å². The van der Waals surface area contributed by atoms with Crippen molar-refractivity contribution in [3.05, 3.63) is 60.2 Å². The van der Waals surface area contributed by atoms with Gasteiger partial charge in [0.25, 0.3) is 0 Å². The first-order valence-corrected chi connectivity index (χ1v) is 6.41. The average Bonchev–Trinajstić information content (AvgIpc) is 2.52. The summed E-state index contributed by atoms with van der Waals surface area (Å²) < 4.78 is 53.6. The van der Waals surface area contributed by atoms with Crippen molar-refractivity contribution in [3.8, 4) is 11.1 Å². The summed E-state index contributed by atoms with van der Waals surface area (Å²) in [5.74, 6) is -1.21. The minimum absolute atomic E-state index is 0.0672. The van der Waals surface area contributed by atoms with Crippen LogP contribution in [0.15, 0.2) is 54.6 Å². The Morgan fingerprint density at radius 3 is 2.00 bits per heavy atom. The van der Waals surface area contributed by atoms with Crippen molar-refractivity contribution in [2.75, 3.05) is 6.67 Å². The van der Waals surface area contributed by atoms with Gasteiger partial charge in [0.2, 0.25) is 6.10 Å². The Bertz CT molecular complexity index is 621. The molecule has 0 aliphatic heterocycles. The third-order valence-corrected chi connectivity index (χ3v) is 2.98. The van der Waals surface area contributed by atoms with Crippen molar-refractivity contribution in [3.63, 3.8) is 0 Å². The summed E-state index contributed by atoms with van der Waals surface area (Å²) >= 11 is 0. The van der Waals surface area contributed by atoms with E-state index in [2.05, 4.69) is 4.74 Å². The van der Waals surface area contributed by atoms with E-state index in [1.165, 1.54) is 12.1 Å². The SMILES string of the molecule is O=C(OC(CF)C(F)(F)F)c1ccc(-c2ccccc2)cc1. The van der Waals surface area contributed by atoms with Crippen molar-refractivity contribution < 1.29 is 27.1 Å². The molecule has 0 saturated heterocycles. The summed E-state index contributed by atoms with van der Waals surface area (Å²) in [6, 6.07) is 15.1. The van der Waals surface area contributed by atoms with Gasteiger partial charge in [-0.1, -0.05) is 42.5 Å². The van der Waals surface area contributed by atoms with E-state index in [-0.39, 0.29) is 5.56 Å². The lowest BCUT2D eigenvalue weighted by atomic mass is 10.0. The van der Waals surface area contributed by atoms with Crippen molar-refractivity contribution in [2.24, 2.45) is 0 Å². The molecule has 0 aliphatic rings. The number of ether oxygens (including phenoxy) is 1. The van der Waals surface area contributed by atoms with E-state index < -0.39 is 24.9 Å². The zero-order valence-electron chi connectivity index (χ0n) is 11.3. The Morgan fingerprint density at radius 2 is 1.50 bits per heavy atom. The van der Waals surface area contributed by atoms with Gasteiger partial charge < -0.3 is 4.74 Å². The molecule has 0 aromatic heterocycles. The molecule has 1 atom stereocenters. The zero-order chi connectivity index (χ0) is 16.2. The van der Waals surface area contributed by atoms with E-state index in [4.69, 9.17) is 0 Å². The number of rotatable bonds is 4. The van der Waals surface area contributed by atoms with Crippen LogP contribution in [0.3, 0.4) is 0 Å². The van der Waals surface area contributed by atoms with Gasteiger partial charge in [0, 0.05) is 0 Å². The highest BCUT2D eigenvalue weighted by molar-refractivity contribution is 5.90. The van der Waals surface area contributed by atoms with E-state index in [0.717, 1.165) is 11.1 Å². The second-order valence-corrected chi connectivity index (χ2v) is 4.53. The Kier molecular flexibility index (Phi) is 4.80. The van der Waals surface area contributed by atoms with E-state index in [1.54, 1.807) is 12.1 Å². The van der Waals surface area contributed by atoms with Crippen molar-refractivity contribution in [2.45, 2.75) is 12.3 Å². The molecular formula is C16H12F4O2. The van der Waals surface area contributed by atoms with Gasteiger partial charge in [0.05, 0.1) is 5.56 Å². The van der Waals surface area contributed by atoms with Crippen LogP contribution in [-0.2, 0) is 4.74 Å². The molecule has 2 rings (SSSR count). The van der Waals surface area contributed by atoms with Gasteiger partial charge in [-0.3, -0.25) is 0 Å². The summed E-state index contributed by atoms with van der Waals surface area (Å²) in [7, 11) is 0. The molecule has 22 heavy (non-hydrogen) atoms. The van der Waals surface area contributed by atoms with E-state index in [9.17, 15) is 22.4 Å². The van der Waals surface area contributed by atoms with E-state index in [1.807, 2.05) is 30.3 Å².